The van der Waals surface area contributed by atoms with Gasteiger partial charge in [-0.25, -0.2) is 4.57 Å². The topological polar surface area (TPSA) is 172 Å². The van der Waals surface area contributed by atoms with Gasteiger partial charge in [0.1, 0.15) is 12.6 Å². The summed E-state index contributed by atoms with van der Waals surface area (Å²) in [7, 11) is -4.74. The maximum atomic E-state index is 12.6. The molecule has 0 spiro atoms. The molecule has 3 atom stereocenters. The van der Waals surface area contributed by atoms with Crippen LogP contribution in [0.2, 0.25) is 0 Å². The van der Waals surface area contributed by atoms with Crippen molar-refractivity contribution in [2.45, 2.75) is 167 Å². The number of carboxylic acid groups (broad SMARTS) is 1. The predicted molar refractivity (Wildman–Crippen MR) is 226 cm³/mol. The third-order valence-electron chi connectivity index (χ3n) is 8.48. The number of nitrogens with two attached hydrogens (primary N) is 1. The number of esters is 2. The average Bonchev–Trinajstić information content (AvgIpc) is 3.17. The molecule has 0 bridgehead atoms. The highest BCUT2D eigenvalue weighted by atomic mass is 31.2. The fourth-order valence-corrected chi connectivity index (χ4v) is 5.99. The summed E-state index contributed by atoms with van der Waals surface area (Å²) in [6, 6.07) is -1.53. The quantitative estimate of drug-likeness (QED) is 0.0235. The molecule has 0 rings (SSSR count). The number of hydrogen-bond acceptors (Lipinski definition) is 9. The van der Waals surface area contributed by atoms with Gasteiger partial charge in [0, 0.05) is 12.8 Å². The summed E-state index contributed by atoms with van der Waals surface area (Å²) in [5, 5.41) is 8.88. The molecule has 0 aromatic heterocycles. The van der Waals surface area contributed by atoms with Crippen molar-refractivity contribution in [1.82, 2.24) is 0 Å². The Morgan fingerprint density at radius 3 is 1.46 bits per heavy atom. The number of carbonyl (C=O) groups is 3. The zero-order valence-corrected chi connectivity index (χ0v) is 35.3. The van der Waals surface area contributed by atoms with Crippen molar-refractivity contribution < 1.29 is 47.5 Å². The molecule has 4 N–H and O–H groups in total. The summed E-state index contributed by atoms with van der Waals surface area (Å²) in [5.41, 5.74) is 5.32. The lowest BCUT2D eigenvalue weighted by Crippen LogP contribution is -2.34. The largest absolute Gasteiger partial charge is 0.480 e. The highest BCUT2D eigenvalue weighted by molar-refractivity contribution is 7.47. The second-order valence-corrected chi connectivity index (χ2v) is 15.2. The zero-order valence-electron chi connectivity index (χ0n) is 34.4. The van der Waals surface area contributed by atoms with Gasteiger partial charge in [0.05, 0.1) is 13.2 Å². The number of carbonyl (C=O) groups excluding carboxylic acids is 2. The fraction of sp³-hybridized carbons (Fsp3) is 0.659. The third kappa shape index (κ3) is 37.8. The monoisotopic (exact) mass is 808 g/mol. The average molecular weight is 808 g/mol. The van der Waals surface area contributed by atoms with E-state index in [9.17, 15) is 23.8 Å². The Hall–Kier alpha value is -3.08. The van der Waals surface area contributed by atoms with Gasteiger partial charge in [-0.15, -0.1) is 0 Å². The van der Waals surface area contributed by atoms with E-state index in [1.165, 1.54) is 57.8 Å². The Morgan fingerprint density at radius 1 is 0.571 bits per heavy atom. The smallest absolute Gasteiger partial charge is 0.472 e. The van der Waals surface area contributed by atoms with Crippen molar-refractivity contribution in [2.75, 3.05) is 19.8 Å². The van der Waals surface area contributed by atoms with Crippen LogP contribution < -0.4 is 5.73 Å². The first-order chi connectivity index (χ1) is 27.1. The minimum Gasteiger partial charge on any atom is -0.480 e. The number of carboxylic acids is 1. The second-order valence-electron chi connectivity index (χ2n) is 13.7. The normalized spacial score (nSPS) is 14.5. The van der Waals surface area contributed by atoms with E-state index in [0.29, 0.717) is 19.3 Å². The van der Waals surface area contributed by atoms with E-state index in [0.717, 1.165) is 51.4 Å². The van der Waals surface area contributed by atoms with E-state index < -0.39 is 51.1 Å². The van der Waals surface area contributed by atoms with Gasteiger partial charge in [-0.05, 0) is 51.4 Å². The molecule has 0 radical (unpaired) electrons. The lowest BCUT2D eigenvalue weighted by molar-refractivity contribution is -0.161. The molecule has 0 aliphatic carbocycles. The van der Waals surface area contributed by atoms with E-state index in [4.69, 9.17) is 24.8 Å². The van der Waals surface area contributed by atoms with Crippen LogP contribution >= 0.6 is 7.82 Å². The molecule has 12 heteroatoms. The lowest BCUT2D eigenvalue weighted by atomic mass is 10.0. The first kappa shape index (κ1) is 52.9. The summed E-state index contributed by atoms with van der Waals surface area (Å²) in [4.78, 5) is 45.8. The van der Waals surface area contributed by atoms with Crippen LogP contribution in [0.5, 0.6) is 0 Å². The molecule has 0 aromatic carbocycles. The molecule has 11 nitrogen and oxygen atoms in total. The first-order valence-corrected chi connectivity index (χ1v) is 22.5. The second kappa shape index (κ2) is 38.8. The first-order valence-electron chi connectivity index (χ1n) is 21.0. The van der Waals surface area contributed by atoms with E-state index >= 15 is 0 Å². The molecule has 0 amide bonds. The number of phosphoric acid groups is 1. The number of rotatable bonds is 38. The van der Waals surface area contributed by atoms with Gasteiger partial charge in [-0.2, -0.15) is 0 Å². The molecule has 0 saturated heterocycles. The maximum Gasteiger partial charge on any atom is 0.472 e. The van der Waals surface area contributed by atoms with Crippen molar-refractivity contribution in [3.05, 3.63) is 72.9 Å². The number of aliphatic carboxylic acids is 1. The number of ether oxygens (including phenoxy) is 2. The number of unbranched alkanes of at least 4 members (excludes halogenated alkanes) is 12. The van der Waals surface area contributed by atoms with Crippen molar-refractivity contribution in [2.24, 2.45) is 5.73 Å². The van der Waals surface area contributed by atoms with Crippen LogP contribution in [0.4, 0.5) is 0 Å². The molecular weight excluding hydrogens is 733 g/mol. The van der Waals surface area contributed by atoms with Crippen molar-refractivity contribution in [3.63, 3.8) is 0 Å². The molecule has 1 unspecified atom stereocenters. The standard InChI is InChI=1S/C44H74NO10P/c1-3-5-7-9-11-13-15-17-18-19-20-21-22-24-26-28-30-32-34-36-43(47)55-40(38-53-56(50,51)54-39-41(45)44(48)49)37-52-42(46)35-33-31-29-27-25-23-16-14-12-10-8-6-4-2/h5,7,11,13,17-18,20-21,24,26,30,32,40-41H,3-4,6,8-10,12,14-16,19,22-23,25,27-29,31,33-39,45H2,1-2H3,(H,48,49)(H,50,51)/b7-5-,13-11-,18-17-,21-20-,26-24-,32-30-/t40-,41+/m1/s1. The SMILES string of the molecule is CC/C=C\C/C=C\C/C=C\C/C=C\C/C=C\C/C=C\CCC(=O)O[C@H](COC(=O)CCCCCCCCCCCCCCC)COP(=O)(O)OC[C@H](N)C(=O)O. The van der Waals surface area contributed by atoms with E-state index in [2.05, 4.69) is 73.1 Å². The summed E-state index contributed by atoms with van der Waals surface area (Å²) < 4.78 is 32.6. The van der Waals surface area contributed by atoms with Crippen molar-refractivity contribution >= 4 is 25.7 Å². The molecular formula is C44H74NO10P. The lowest BCUT2D eigenvalue weighted by Gasteiger charge is -2.20. The highest BCUT2D eigenvalue weighted by Gasteiger charge is 2.28. The molecule has 0 heterocycles. The molecule has 0 aliphatic heterocycles. The minimum absolute atomic E-state index is 0.0341. The van der Waals surface area contributed by atoms with Gasteiger partial charge in [0.15, 0.2) is 6.10 Å². The predicted octanol–water partition coefficient (Wildman–Crippen LogP) is 10.9. The molecule has 0 saturated carbocycles. The van der Waals surface area contributed by atoms with E-state index in [1.807, 2.05) is 18.2 Å². The molecule has 0 fully saturated rings. The number of phosphoric ester groups is 1. The molecule has 56 heavy (non-hydrogen) atoms. The molecule has 320 valence electrons. The number of hydrogen-bond donors (Lipinski definition) is 3. The van der Waals surface area contributed by atoms with E-state index in [-0.39, 0.29) is 19.4 Å². The van der Waals surface area contributed by atoms with Gasteiger partial charge >= 0.3 is 25.7 Å². The van der Waals surface area contributed by atoms with Crippen LogP contribution in [-0.2, 0) is 37.5 Å². The third-order valence-corrected chi connectivity index (χ3v) is 9.43. The summed E-state index contributed by atoms with van der Waals surface area (Å²) in [6.07, 6.45) is 45.5. The van der Waals surface area contributed by atoms with Crippen LogP contribution in [0.3, 0.4) is 0 Å². The molecule has 0 aromatic rings. The summed E-state index contributed by atoms with van der Waals surface area (Å²) >= 11 is 0. The minimum atomic E-state index is -4.74. The Balaban J connectivity index is 4.53. The van der Waals surface area contributed by atoms with E-state index in [1.54, 1.807) is 0 Å². The van der Waals surface area contributed by atoms with Crippen LogP contribution in [0.15, 0.2) is 72.9 Å². The maximum absolute atomic E-state index is 12.6. The Labute approximate surface area is 338 Å². The zero-order chi connectivity index (χ0) is 41.4. The highest BCUT2D eigenvalue weighted by Crippen LogP contribution is 2.43. The Bertz CT molecular complexity index is 1230. The van der Waals surface area contributed by atoms with Crippen LogP contribution in [0, 0.1) is 0 Å². The van der Waals surface area contributed by atoms with Gasteiger partial charge in [0.2, 0.25) is 0 Å². The summed E-state index contributed by atoms with van der Waals surface area (Å²) in [5.74, 6) is -2.49. The number of allylic oxidation sites excluding steroid dienone is 12. The van der Waals surface area contributed by atoms with Crippen LogP contribution in [0.1, 0.15) is 155 Å². The Kier molecular flexibility index (Phi) is 36.6. The van der Waals surface area contributed by atoms with Gasteiger partial charge in [-0.3, -0.25) is 23.4 Å². The van der Waals surface area contributed by atoms with Gasteiger partial charge in [0.25, 0.3) is 0 Å². The van der Waals surface area contributed by atoms with Gasteiger partial charge in [-0.1, -0.05) is 164 Å². The van der Waals surface area contributed by atoms with Crippen LogP contribution in [-0.4, -0.2) is 59.9 Å². The van der Waals surface area contributed by atoms with Crippen molar-refractivity contribution in [3.8, 4) is 0 Å². The van der Waals surface area contributed by atoms with Gasteiger partial charge < -0.3 is 25.2 Å². The fourth-order valence-electron chi connectivity index (χ4n) is 5.21. The Morgan fingerprint density at radius 2 is 1.00 bits per heavy atom. The van der Waals surface area contributed by atoms with Crippen LogP contribution in [0.25, 0.3) is 0 Å². The summed E-state index contributed by atoms with van der Waals surface area (Å²) in [6.45, 7) is 2.60. The molecule has 0 aliphatic rings. The van der Waals surface area contributed by atoms with Crippen molar-refractivity contribution in [1.29, 1.82) is 0 Å².